The van der Waals surface area contributed by atoms with Gasteiger partial charge in [0.2, 0.25) is 0 Å². The summed E-state index contributed by atoms with van der Waals surface area (Å²) in [7, 11) is 2.07. The molecule has 0 fully saturated rings. The maximum Gasteiger partial charge on any atom is 0.125 e. The molecule has 0 aliphatic carbocycles. The number of likely N-dealkylation sites (N-methyl/N-ethyl adjacent to an activating group) is 1. The Morgan fingerprint density at radius 3 is 2.88 bits per heavy atom. The smallest absolute Gasteiger partial charge is 0.125 e. The number of ether oxygens (including phenoxy) is 1. The number of benzene rings is 2. The molecule has 0 saturated heterocycles. The van der Waals surface area contributed by atoms with Gasteiger partial charge in [-0.3, -0.25) is 4.39 Å². The van der Waals surface area contributed by atoms with E-state index >= 15 is 0 Å². The Balaban J connectivity index is 1.55. The number of halogens is 2. The molecule has 0 radical (unpaired) electrons. The molecule has 0 saturated carbocycles. The molecule has 0 spiro atoms. The molecule has 1 N–H and O–H groups in total. The summed E-state index contributed by atoms with van der Waals surface area (Å²) in [6.07, 6.45) is 3.25. The van der Waals surface area contributed by atoms with Crippen LogP contribution in [0.3, 0.4) is 0 Å². The van der Waals surface area contributed by atoms with Gasteiger partial charge in [0.1, 0.15) is 11.6 Å². The molecule has 3 aromatic rings. The highest BCUT2D eigenvalue weighted by molar-refractivity contribution is 5.83. The number of hydrogen-bond acceptors (Lipinski definition) is 2. The van der Waals surface area contributed by atoms with Gasteiger partial charge in [0, 0.05) is 36.6 Å². The van der Waals surface area contributed by atoms with Crippen molar-refractivity contribution in [2.75, 3.05) is 26.9 Å². The lowest BCUT2D eigenvalue weighted by Crippen LogP contribution is -2.20. The molecule has 0 unspecified atom stereocenters. The number of aromatic amines is 1. The van der Waals surface area contributed by atoms with Crippen molar-refractivity contribution in [2.45, 2.75) is 19.4 Å². The molecule has 5 heteroatoms. The van der Waals surface area contributed by atoms with Crippen molar-refractivity contribution in [1.29, 1.82) is 0 Å². The standard InChI is InChI=1S/C21H24F2N2O/c1-25(15-16-4-2-5-19(12-16)26-11-3-9-22)10-8-17-14-24-21-13-18(23)6-7-20(17)21/h2,4-7,12-14,24H,3,8-11,15H2,1H3. The van der Waals surface area contributed by atoms with Crippen molar-refractivity contribution in [3.05, 3.63) is 65.6 Å². The Hall–Kier alpha value is -2.40. The normalized spacial score (nSPS) is 11.4. The van der Waals surface area contributed by atoms with E-state index < -0.39 is 0 Å². The number of rotatable bonds is 9. The van der Waals surface area contributed by atoms with Gasteiger partial charge in [-0.2, -0.15) is 0 Å². The summed E-state index contributed by atoms with van der Waals surface area (Å²) in [6.45, 7) is 1.73. The van der Waals surface area contributed by atoms with Crippen LogP contribution < -0.4 is 4.74 Å². The zero-order valence-electron chi connectivity index (χ0n) is 15.0. The van der Waals surface area contributed by atoms with E-state index in [9.17, 15) is 8.78 Å². The third-order valence-electron chi connectivity index (χ3n) is 4.39. The molecule has 3 nitrogen and oxygen atoms in total. The van der Waals surface area contributed by atoms with Gasteiger partial charge in [-0.1, -0.05) is 12.1 Å². The summed E-state index contributed by atoms with van der Waals surface area (Å²) >= 11 is 0. The van der Waals surface area contributed by atoms with Crippen LogP contribution in [0.1, 0.15) is 17.5 Å². The Kier molecular flexibility index (Phi) is 6.23. The summed E-state index contributed by atoms with van der Waals surface area (Å²) in [5.41, 5.74) is 3.18. The van der Waals surface area contributed by atoms with Crippen LogP contribution in [0.15, 0.2) is 48.7 Å². The van der Waals surface area contributed by atoms with Crippen molar-refractivity contribution in [1.82, 2.24) is 9.88 Å². The molecular weight excluding hydrogens is 334 g/mol. The molecule has 138 valence electrons. The molecule has 0 aliphatic rings. The van der Waals surface area contributed by atoms with Crippen LogP contribution in [0.2, 0.25) is 0 Å². The zero-order chi connectivity index (χ0) is 18.4. The van der Waals surface area contributed by atoms with Gasteiger partial charge in [-0.25, -0.2) is 4.39 Å². The van der Waals surface area contributed by atoms with Gasteiger partial charge in [0.05, 0.1) is 13.3 Å². The molecule has 1 aromatic heterocycles. The van der Waals surface area contributed by atoms with E-state index in [0.717, 1.165) is 41.7 Å². The van der Waals surface area contributed by atoms with Crippen molar-refractivity contribution >= 4 is 10.9 Å². The van der Waals surface area contributed by atoms with E-state index in [0.29, 0.717) is 13.0 Å². The number of H-pyrrole nitrogens is 1. The molecule has 0 atom stereocenters. The van der Waals surface area contributed by atoms with Crippen LogP contribution in [0, 0.1) is 5.82 Å². The fourth-order valence-corrected chi connectivity index (χ4v) is 3.05. The van der Waals surface area contributed by atoms with Gasteiger partial charge in [-0.15, -0.1) is 0 Å². The van der Waals surface area contributed by atoms with Crippen LogP contribution in [0.4, 0.5) is 8.78 Å². The first-order chi connectivity index (χ1) is 12.7. The van der Waals surface area contributed by atoms with Gasteiger partial charge >= 0.3 is 0 Å². The first kappa shape index (κ1) is 18.4. The van der Waals surface area contributed by atoms with E-state index in [1.54, 1.807) is 0 Å². The number of hydrogen-bond donors (Lipinski definition) is 1. The molecule has 0 amide bonds. The summed E-state index contributed by atoms with van der Waals surface area (Å²) in [5, 5.41) is 1.07. The van der Waals surface area contributed by atoms with Crippen LogP contribution in [-0.4, -0.2) is 36.8 Å². The summed E-state index contributed by atoms with van der Waals surface area (Å²) in [5.74, 6) is 0.555. The predicted molar refractivity (Wildman–Crippen MR) is 101 cm³/mol. The summed E-state index contributed by atoms with van der Waals surface area (Å²) in [4.78, 5) is 5.37. The van der Waals surface area contributed by atoms with Gasteiger partial charge in [0.15, 0.2) is 0 Å². The highest BCUT2D eigenvalue weighted by atomic mass is 19.1. The fraction of sp³-hybridized carbons (Fsp3) is 0.333. The highest BCUT2D eigenvalue weighted by Gasteiger charge is 2.07. The molecule has 26 heavy (non-hydrogen) atoms. The summed E-state index contributed by atoms with van der Waals surface area (Å²) in [6, 6.07) is 12.8. The van der Waals surface area contributed by atoms with E-state index in [2.05, 4.69) is 23.0 Å². The van der Waals surface area contributed by atoms with Crippen molar-refractivity contribution in [3.8, 4) is 5.75 Å². The Morgan fingerprint density at radius 2 is 2.04 bits per heavy atom. The highest BCUT2D eigenvalue weighted by Crippen LogP contribution is 2.20. The third kappa shape index (κ3) is 4.82. The largest absolute Gasteiger partial charge is 0.493 e. The lowest BCUT2D eigenvalue weighted by atomic mass is 10.1. The lowest BCUT2D eigenvalue weighted by Gasteiger charge is -2.17. The SMILES string of the molecule is CN(CCc1c[nH]c2cc(F)ccc12)Cc1cccc(OCCCF)c1. The minimum absolute atomic E-state index is 0.225. The first-order valence-electron chi connectivity index (χ1n) is 8.87. The number of alkyl halides is 1. The van der Waals surface area contributed by atoms with Crippen molar-refractivity contribution in [3.63, 3.8) is 0 Å². The number of nitrogens with one attached hydrogen (secondary N) is 1. The first-order valence-corrected chi connectivity index (χ1v) is 8.87. The predicted octanol–water partition coefficient (Wildman–Crippen LogP) is 4.72. The monoisotopic (exact) mass is 358 g/mol. The molecular formula is C21H24F2N2O. The molecule has 0 aliphatic heterocycles. The second-order valence-electron chi connectivity index (χ2n) is 6.53. The topological polar surface area (TPSA) is 28.3 Å². The van der Waals surface area contributed by atoms with Crippen LogP contribution in [0.25, 0.3) is 10.9 Å². The summed E-state index contributed by atoms with van der Waals surface area (Å²) < 4.78 is 31.0. The van der Waals surface area contributed by atoms with E-state index in [1.165, 1.54) is 17.7 Å². The molecule has 2 aromatic carbocycles. The average molecular weight is 358 g/mol. The average Bonchev–Trinajstić information content (AvgIpc) is 3.02. The second-order valence-corrected chi connectivity index (χ2v) is 6.53. The van der Waals surface area contributed by atoms with E-state index in [4.69, 9.17) is 4.74 Å². The van der Waals surface area contributed by atoms with E-state index in [1.807, 2.05) is 30.5 Å². The number of fused-ring (bicyclic) bond motifs is 1. The Bertz CT molecular complexity index is 847. The number of aromatic nitrogens is 1. The van der Waals surface area contributed by atoms with Gasteiger partial charge in [-0.05, 0) is 54.9 Å². The lowest BCUT2D eigenvalue weighted by molar-refractivity contribution is 0.288. The Labute approximate surface area is 152 Å². The van der Waals surface area contributed by atoms with Crippen LogP contribution >= 0.6 is 0 Å². The molecule has 3 rings (SSSR count). The van der Waals surface area contributed by atoms with Crippen LogP contribution in [0.5, 0.6) is 5.75 Å². The van der Waals surface area contributed by atoms with Gasteiger partial charge < -0.3 is 14.6 Å². The molecule has 1 heterocycles. The minimum atomic E-state index is -0.358. The fourth-order valence-electron chi connectivity index (χ4n) is 3.05. The maximum absolute atomic E-state index is 13.3. The number of nitrogens with zero attached hydrogens (tertiary/aromatic N) is 1. The van der Waals surface area contributed by atoms with Crippen molar-refractivity contribution < 1.29 is 13.5 Å². The molecule has 0 bridgehead atoms. The van der Waals surface area contributed by atoms with Crippen molar-refractivity contribution in [2.24, 2.45) is 0 Å². The zero-order valence-corrected chi connectivity index (χ0v) is 15.0. The second kappa shape index (κ2) is 8.81. The van der Waals surface area contributed by atoms with E-state index in [-0.39, 0.29) is 12.5 Å². The van der Waals surface area contributed by atoms with Gasteiger partial charge in [0.25, 0.3) is 0 Å². The quantitative estimate of drug-likeness (QED) is 0.561. The third-order valence-corrected chi connectivity index (χ3v) is 4.39. The Morgan fingerprint density at radius 1 is 1.15 bits per heavy atom. The maximum atomic E-state index is 13.3. The minimum Gasteiger partial charge on any atom is -0.493 e. The van der Waals surface area contributed by atoms with Crippen LogP contribution in [-0.2, 0) is 13.0 Å².